The first-order chi connectivity index (χ1) is 9.33. The van der Waals surface area contributed by atoms with E-state index in [1.54, 1.807) is 0 Å². The predicted octanol–water partition coefficient (Wildman–Crippen LogP) is 2.66. The number of fused-ring (bicyclic) bond motifs is 3. The van der Waals surface area contributed by atoms with Crippen molar-refractivity contribution in [3.8, 4) is 0 Å². The van der Waals surface area contributed by atoms with E-state index >= 15 is 0 Å². The van der Waals surface area contributed by atoms with Crippen molar-refractivity contribution < 1.29 is 0 Å². The molecule has 0 aliphatic carbocycles. The molecule has 0 N–H and O–H groups in total. The van der Waals surface area contributed by atoms with Crippen LogP contribution in [0.2, 0.25) is 0 Å². The van der Waals surface area contributed by atoms with E-state index in [-0.39, 0.29) is 0 Å². The third kappa shape index (κ3) is 2.12. The topological polar surface area (TPSA) is 15.6 Å². The summed E-state index contributed by atoms with van der Waals surface area (Å²) >= 11 is 0. The molecule has 0 saturated carbocycles. The molecule has 1 aliphatic rings. The summed E-state index contributed by atoms with van der Waals surface area (Å²) in [7, 11) is 0. The monoisotopic (exact) mass is 252 g/mol. The molecule has 0 spiro atoms. The Balaban J connectivity index is 2.27. The van der Waals surface area contributed by atoms with Gasteiger partial charge in [0.25, 0.3) is 0 Å². The van der Waals surface area contributed by atoms with Gasteiger partial charge in [-0.1, -0.05) is 49.8 Å². The van der Waals surface area contributed by atoms with E-state index in [0.717, 1.165) is 11.9 Å². The lowest BCUT2D eigenvalue weighted by molar-refractivity contribution is 0.239. The molecule has 0 saturated heterocycles. The Morgan fingerprint density at radius 3 is 2.74 bits per heavy atom. The lowest BCUT2D eigenvalue weighted by atomic mass is 10.0. The van der Waals surface area contributed by atoms with Crippen molar-refractivity contribution in [3.63, 3.8) is 0 Å². The van der Waals surface area contributed by atoms with E-state index in [2.05, 4.69) is 61.3 Å². The van der Waals surface area contributed by atoms with Gasteiger partial charge in [0.1, 0.15) is 0 Å². The van der Waals surface area contributed by atoms with Gasteiger partial charge in [-0.05, 0) is 30.2 Å². The Kier molecular flexibility index (Phi) is 3.24. The second kappa shape index (κ2) is 5.04. The maximum atomic E-state index is 4.82. The number of benzene rings is 2. The molecular weight excluding hydrogens is 232 g/mol. The minimum absolute atomic E-state index is 0.438. The van der Waals surface area contributed by atoms with E-state index in [4.69, 9.17) is 5.10 Å². The zero-order chi connectivity index (χ0) is 13.2. The SMILES string of the molecule is CCCC1C=c2c(ccc3ccccc23)=NN1CC. The second-order valence-corrected chi connectivity index (χ2v) is 5.10. The van der Waals surface area contributed by atoms with E-state index in [1.807, 2.05) is 0 Å². The van der Waals surface area contributed by atoms with Crippen LogP contribution in [0.25, 0.3) is 16.8 Å². The lowest BCUT2D eigenvalue weighted by Crippen LogP contribution is -2.42. The molecule has 1 heterocycles. The first-order valence-corrected chi connectivity index (χ1v) is 7.18. The third-order valence-electron chi connectivity index (χ3n) is 3.83. The van der Waals surface area contributed by atoms with Gasteiger partial charge in [-0.25, -0.2) is 0 Å². The predicted molar refractivity (Wildman–Crippen MR) is 80.3 cm³/mol. The van der Waals surface area contributed by atoms with Crippen LogP contribution in [0.15, 0.2) is 41.5 Å². The summed E-state index contributed by atoms with van der Waals surface area (Å²) < 4.78 is 0. The maximum absolute atomic E-state index is 4.82. The van der Waals surface area contributed by atoms with Crippen molar-refractivity contribution in [3.05, 3.63) is 47.0 Å². The highest BCUT2D eigenvalue weighted by molar-refractivity contribution is 5.83. The summed E-state index contributed by atoms with van der Waals surface area (Å²) in [6.07, 6.45) is 4.75. The normalized spacial score (nSPS) is 17.8. The maximum Gasteiger partial charge on any atom is 0.0908 e. The number of hydrogen-bond donors (Lipinski definition) is 0. The highest BCUT2D eigenvalue weighted by Gasteiger charge is 2.15. The van der Waals surface area contributed by atoms with Crippen molar-refractivity contribution in [2.24, 2.45) is 5.10 Å². The Morgan fingerprint density at radius 2 is 1.95 bits per heavy atom. The Bertz CT molecular complexity index is 703. The van der Waals surface area contributed by atoms with Gasteiger partial charge in [-0.3, -0.25) is 5.01 Å². The quantitative estimate of drug-likeness (QED) is 0.820. The fourth-order valence-electron chi connectivity index (χ4n) is 2.87. The summed E-state index contributed by atoms with van der Waals surface area (Å²) in [6.45, 7) is 5.37. The van der Waals surface area contributed by atoms with Gasteiger partial charge >= 0.3 is 0 Å². The average Bonchev–Trinajstić information content (AvgIpc) is 2.47. The lowest BCUT2D eigenvalue weighted by Gasteiger charge is -2.28. The summed E-state index contributed by atoms with van der Waals surface area (Å²) in [5.74, 6) is 0. The summed E-state index contributed by atoms with van der Waals surface area (Å²) in [6, 6.07) is 13.3. The van der Waals surface area contributed by atoms with Crippen molar-refractivity contribution in [2.75, 3.05) is 6.54 Å². The fraction of sp³-hybridized carbons (Fsp3) is 0.353. The molecule has 2 heteroatoms. The minimum Gasteiger partial charge on any atom is -0.290 e. The van der Waals surface area contributed by atoms with Gasteiger partial charge < -0.3 is 0 Å². The molecule has 0 aromatic heterocycles. The molecule has 1 aliphatic heterocycles. The molecule has 2 aromatic rings. The van der Waals surface area contributed by atoms with Crippen LogP contribution in [0.3, 0.4) is 0 Å². The molecule has 2 aromatic carbocycles. The second-order valence-electron chi connectivity index (χ2n) is 5.10. The van der Waals surface area contributed by atoms with Crippen LogP contribution in [0.5, 0.6) is 0 Å². The van der Waals surface area contributed by atoms with Crippen LogP contribution in [-0.2, 0) is 0 Å². The Labute approximate surface area is 114 Å². The molecule has 0 amide bonds. The highest BCUT2D eigenvalue weighted by atomic mass is 15.5. The molecule has 0 bridgehead atoms. The first kappa shape index (κ1) is 12.2. The summed E-state index contributed by atoms with van der Waals surface area (Å²) in [5, 5.41) is 12.1. The van der Waals surface area contributed by atoms with Crippen LogP contribution in [0, 0.1) is 0 Å². The molecule has 1 atom stereocenters. The molecule has 98 valence electrons. The van der Waals surface area contributed by atoms with Gasteiger partial charge in [-0.15, -0.1) is 0 Å². The zero-order valence-corrected chi connectivity index (χ0v) is 11.6. The van der Waals surface area contributed by atoms with E-state index in [0.29, 0.717) is 6.04 Å². The molecular formula is C17H20N2. The minimum atomic E-state index is 0.438. The van der Waals surface area contributed by atoms with Crippen LogP contribution in [-0.4, -0.2) is 17.6 Å². The highest BCUT2D eigenvalue weighted by Crippen LogP contribution is 2.13. The van der Waals surface area contributed by atoms with E-state index < -0.39 is 0 Å². The Morgan fingerprint density at radius 1 is 1.11 bits per heavy atom. The van der Waals surface area contributed by atoms with Gasteiger partial charge in [0.05, 0.1) is 11.4 Å². The van der Waals surface area contributed by atoms with Gasteiger partial charge in [0, 0.05) is 11.8 Å². The average molecular weight is 252 g/mol. The van der Waals surface area contributed by atoms with Crippen LogP contribution >= 0.6 is 0 Å². The number of rotatable bonds is 3. The smallest absolute Gasteiger partial charge is 0.0908 e. The summed E-state index contributed by atoms with van der Waals surface area (Å²) in [4.78, 5) is 0. The van der Waals surface area contributed by atoms with Crippen LogP contribution in [0.1, 0.15) is 26.7 Å². The molecule has 0 radical (unpaired) electrons. The number of nitrogens with zero attached hydrogens (tertiary/aromatic N) is 2. The molecule has 3 rings (SSSR count). The third-order valence-corrected chi connectivity index (χ3v) is 3.83. The Hall–Kier alpha value is -1.83. The van der Waals surface area contributed by atoms with Gasteiger partial charge in [0.2, 0.25) is 0 Å². The standard InChI is InChI=1S/C17H20N2/c1-3-7-14-12-16-15-9-6-5-8-13(15)10-11-17(16)18-19(14)4-2/h5-6,8-12,14H,3-4,7H2,1-2H3. The number of hydrogen-bond acceptors (Lipinski definition) is 2. The summed E-state index contributed by atoms with van der Waals surface area (Å²) in [5.41, 5.74) is 0. The van der Waals surface area contributed by atoms with Crippen molar-refractivity contribution in [1.29, 1.82) is 0 Å². The molecule has 2 nitrogen and oxygen atoms in total. The van der Waals surface area contributed by atoms with Crippen molar-refractivity contribution in [1.82, 2.24) is 5.01 Å². The molecule has 1 unspecified atom stereocenters. The van der Waals surface area contributed by atoms with Gasteiger partial charge in [-0.2, -0.15) is 5.10 Å². The first-order valence-electron chi connectivity index (χ1n) is 7.18. The van der Waals surface area contributed by atoms with Crippen molar-refractivity contribution >= 4 is 16.8 Å². The van der Waals surface area contributed by atoms with Crippen LogP contribution < -0.4 is 10.6 Å². The van der Waals surface area contributed by atoms with E-state index in [9.17, 15) is 0 Å². The zero-order valence-electron chi connectivity index (χ0n) is 11.6. The molecule has 19 heavy (non-hydrogen) atoms. The van der Waals surface area contributed by atoms with Gasteiger partial charge in [0.15, 0.2) is 0 Å². The van der Waals surface area contributed by atoms with Crippen molar-refractivity contribution in [2.45, 2.75) is 32.7 Å². The largest absolute Gasteiger partial charge is 0.290 e. The van der Waals surface area contributed by atoms with E-state index in [1.165, 1.54) is 28.8 Å². The molecule has 0 fully saturated rings. The van der Waals surface area contributed by atoms with Crippen LogP contribution in [0.4, 0.5) is 0 Å². The fourth-order valence-corrected chi connectivity index (χ4v) is 2.87.